The second-order valence-corrected chi connectivity index (χ2v) is 3.91. The lowest BCUT2D eigenvalue weighted by molar-refractivity contribution is 0.111. The molecule has 0 spiro atoms. The maximum atomic E-state index is 10.6. The molecule has 0 fully saturated rings. The highest BCUT2D eigenvalue weighted by Gasteiger charge is 1.99. The number of carbonyl (C=O) groups is 1. The molecule has 0 N–H and O–H groups in total. The molecule has 0 unspecified atom stereocenters. The van der Waals surface area contributed by atoms with Gasteiger partial charge in [0, 0.05) is 12.7 Å². The van der Waals surface area contributed by atoms with E-state index < -0.39 is 0 Å². The number of hydrogen-bond donors (Lipinski definition) is 0. The molecule has 0 radical (unpaired) electrons. The van der Waals surface area contributed by atoms with E-state index in [2.05, 4.69) is 16.8 Å². The van der Waals surface area contributed by atoms with Crippen LogP contribution in [-0.4, -0.2) is 10.9 Å². The summed E-state index contributed by atoms with van der Waals surface area (Å²) in [5, 5.41) is 4.22. The van der Waals surface area contributed by atoms with Crippen LogP contribution in [0.25, 0.3) is 0 Å². The first-order chi connectivity index (χ1) is 6.90. The molecule has 2 rings (SSSR count). The molecule has 0 amide bonds. The molecule has 0 atom stereocenters. The summed E-state index contributed by atoms with van der Waals surface area (Å²) in [6.45, 7) is 0.873. The molecule has 72 valence electrons. The molecule has 0 aliphatic rings. The number of nitrogens with zero attached hydrogens (tertiary/aromatic N) is 1. The summed E-state index contributed by atoms with van der Waals surface area (Å²) in [5.41, 5.74) is 2.08. The predicted molar refractivity (Wildman–Crippen MR) is 57.8 cm³/mol. The lowest BCUT2D eigenvalue weighted by Gasteiger charge is -2.03. The van der Waals surface area contributed by atoms with Crippen molar-refractivity contribution in [3.8, 4) is 0 Å². The van der Waals surface area contributed by atoms with E-state index in [0.717, 1.165) is 24.9 Å². The summed E-state index contributed by atoms with van der Waals surface area (Å²) in [5.74, 6) is 0. The molecule has 3 heteroatoms. The number of hydrogen-bond acceptors (Lipinski definition) is 2. The molecule has 0 aromatic carbocycles. The van der Waals surface area contributed by atoms with Crippen LogP contribution in [0, 0.1) is 0 Å². The lowest BCUT2D eigenvalue weighted by atomic mass is 10.2. The van der Waals surface area contributed by atoms with Gasteiger partial charge in [-0.2, -0.15) is 11.3 Å². The topological polar surface area (TPSA) is 22.0 Å². The van der Waals surface area contributed by atoms with E-state index in [1.807, 2.05) is 22.9 Å². The standard InChI is InChI=1S/C11H11NOS/c13-8-11-2-1-5-12(11)6-3-10-4-7-14-9-10/h1-2,4-5,7-9H,3,6H2. The molecule has 2 aromatic rings. The Labute approximate surface area is 86.8 Å². The van der Waals surface area contributed by atoms with Gasteiger partial charge in [0.05, 0.1) is 5.69 Å². The summed E-state index contributed by atoms with van der Waals surface area (Å²) < 4.78 is 1.98. The highest BCUT2D eigenvalue weighted by Crippen LogP contribution is 2.08. The highest BCUT2D eigenvalue weighted by molar-refractivity contribution is 7.07. The first-order valence-electron chi connectivity index (χ1n) is 4.51. The van der Waals surface area contributed by atoms with Gasteiger partial charge >= 0.3 is 0 Å². The van der Waals surface area contributed by atoms with Crippen LogP contribution < -0.4 is 0 Å². The molecular weight excluding hydrogens is 194 g/mol. The first-order valence-corrected chi connectivity index (χ1v) is 5.46. The van der Waals surface area contributed by atoms with E-state index in [4.69, 9.17) is 0 Å². The monoisotopic (exact) mass is 205 g/mol. The van der Waals surface area contributed by atoms with E-state index in [1.165, 1.54) is 5.56 Å². The second kappa shape index (κ2) is 4.24. The van der Waals surface area contributed by atoms with Crippen LogP contribution in [0.2, 0.25) is 0 Å². The quantitative estimate of drug-likeness (QED) is 0.703. The third-order valence-electron chi connectivity index (χ3n) is 2.21. The number of thiophene rings is 1. The highest BCUT2D eigenvalue weighted by atomic mass is 32.1. The normalized spacial score (nSPS) is 10.3. The zero-order valence-corrected chi connectivity index (χ0v) is 8.54. The Balaban J connectivity index is 2.01. The third-order valence-corrected chi connectivity index (χ3v) is 2.94. The number of carbonyl (C=O) groups excluding carboxylic acids is 1. The van der Waals surface area contributed by atoms with Crippen LogP contribution in [0.1, 0.15) is 16.1 Å². The number of aromatic nitrogens is 1. The number of aryl methyl sites for hydroxylation is 2. The van der Waals surface area contributed by atoms with Crippen molar-refractivity contribution in [2.75, 3.05) is 0 Å². The van der Waals surface area contributed by atoms with Gasteiger partial charge in [0.15, 0.2) is 6.29 Å². The van der Waals surface area contributed by atoms with E-state index in [-0.39, 0.29) is 0 Å². The van der Waals surface area contributed by atoms with E-state index in [0.29, 0.717) is 0 Å². The van der Waals surface area contributed by atoms with Crippen molar-refractivity contribution in [2.24, 2.45) is 0 Å². The van der Waals surface area contributed by atoms with Crippen LogP contribution in [-0.2, 0) is 13.0 Å². The van der Waals surface area contributed by atoms with Crippen LogP contribution in [0.4, 0.5) is 0 Å². The van der Waals surface area contributed by atoms with Gasteiger partial charge in [-0.3, -0.25) is 4.79 Å². The van der Waals surface area contributed by atoms with Gasteiger partial charge in [0.25, 0.3) is 0 Å². The van der Waals surface area contributed by atoms with Gasteiger partial charge in [0.1, 0.15) is 0 Å². The van der Waals surface area contributed by atoms with Crippen molar-refractivity contribution in [1.82, 2.24) is 4.57 Å². The van der Waals surface area contributed by atoms with Crippen molar-refractivity contribution in [1.29, 1.82) is 0 Å². The Kier molecular flexibility index (Phi) is 2.79. The van der Waals surface area contributed by atoms with E-state index in [1.54, 1.807) is 11.3 Å². The Hall–Kier alpha value is -1.35. The van der Waals surface area contributed by atoms with Crippen molar-refractivity contribution in [3.05, 3.63) is 46.4 Å². The minimum Gasteiger partial charge on any atom is -0.345 e. The molecule has 0 bridgehead atoms. The second-order valence-electron chi connectivity index (χ2n) is 3.13. The Morgan fingerprint density at radius 3 is 3.07 bits per heavy atom. The summed E-state index contributed by atoms with van der Waals surface area (Å²) in [7, 11) is 0. The average Bonchev–Trinajstić information content (AvgIpc) is 2.85. The Morgan fingerprint density at radius 2 is 2.36 bits per heavy atom. The van der Waals surface area contributed by atoms with Gasteiger partial charge in [-0.05, 0) is 40.9 Å². The fourth-order valence-electron chi connectivity index (χ4n) is 1.42. The third kappa shape index (κ3) is 1.93. The van der Waals surface area contributed by atoms with Crippen LogP contribution >= 0.6 is 11.3 Å². The fraction of sp³-hybridized carbons (Fsp3) is 0.182. The summed E-state index contributed by atoms with van der Waals surface area (Å²) in [4.78, 5) is 10.6. The SMILES string of the molecule is O=Cc1cccn1CCc1ccsc1. The lowest BCUT2D eigenvalue weighted by Crippen LogP contribution is -2.02. The largest absolute Gasteiger partial charge is 0.345 e. The van der Waals surface area contributed by atoms with Gasteiger partial charge < -0.3 is 4.57 Å². The van der Waals surface area contributed by atoms with Crippen LogP contribution in [0.3, 0.4) is 0 Å². The minimum atomic E-state index is 0.750. The van der Waals surface area contributed by atoms with E-state index in [9.17, 15) is 4.79 Å². The van der Waals surface area contributed by atoms with E-state index >= 15 is 0 Å². The van der Waals surface area contributed by atoms with Crippen LogP contribution in [0.15, 0.2) is 35.2 Å². The smallest absolute Gasteiger partial charge is 0.166 e. The molecule has 0 aliphatic heterocycles. The predicted octanol–water partition coefficient (Wildman–Crippen LogP) is 2.60. The maximum Gasteiger partial charge on any atom is 0.166 e. The average molecular weight is 205 g/mol. The van der Waals surface area contributed by atoms with Gasteiger partial charge in [-0.1, -0.05) is 0 Å². The van der Waals surface area contributed by atoms with Gasteiger partial charge in [-0.15, -0.1) is 0 Å². The maximum absolute atomic E-state index is 10.6. The molecule has 2 aromatic heterocycles. The van der Waals surface area contributed by atoms with Crippen molar-refractivity contribution in [3.63, 3.8) is 0 Å². The molecule has 0 saturated heterocycles. The number of aldehydes is 1. The summed E-state index contributed by atoms with van der Waals surface area (Å²) in [6.07, 6.45) is 3.82. The zero-order valence-electron chi connectivity index (χ0n) is 7.72. The Morgan fingerprint density at radius 1 is 1.43 bits per heavy atom. The Bertz CT molecular complexity index is 403. The first kappa shape index (κ1) is 9.21. The van der Waals surface area contributed by atoms with Crippen molar-refractivity contribution < 1.29 is 4.79 Å². The number of rotatable bonds is 4. The fourth-order valence-corrected chi connectivity index (χ4v) is 2.13. The molecule has 2 nitrogen and oxygen atoms in total. The molecule has 14 heavy (non-hydrogen) atoms. The van der Waals surface area contributed by atoms with Crippen molar-refractivity contribution in [2.45, 2.75) is 13.0 Å². The molecular formula is C11H11NOS. The van der Waals surface area contributed by atoms with Gasteiger partial charge in [0.2, 0.25) is 0 Å². The molecule has 0 saturated carbocycles. The zero-order chi connectivity index (χ0) is 9.80. The molecule has 0 aliphatic carbocycles. The van der Waals surface area contributed by atoms with Crippen LogP contribution in [0.5, 0.6) is 0 Å². The minimum absolute atomic E-state index is 0.750. The molecule has 2 heterocycles. The van der Waals surface area contributed by atoms with Crippen molar-refractivity contribution >= 4 is 17.6 Å². The summed E-state index contributed by atoms with van der Waals surface area (Å²) in [6, 6.07) is 5.85. The van der Waals surface area contributed by atoms with Gasteiger partial charge in [-0.25, -0.2) is 0 Å². The summed E-state index contributed by atoms with van der Waals surface area (Å²) >= 11 is 1.71.